The molecule has 0 saturated carbocycles. The van der Waals surface area contributed by atoms with Gasteiger partial charge >= 0.3 is 0 Å². The number of aryl methyl sites for hydroxylation is 1. The van der Waals surface area contributed by atoms with Crippen LogP contribution in [0.1, 0.15) is 15.9 Å². The molecule has 1 aromatic carbocycles. The van der Waals surface area contributed by atoms with Gasteiger partial charge in [0, 0.05) is 44.1 Å². The number of hydrogen-bond donors (Lipinski definition) is 0. The minimum absolute atomic E-state index is 0.0697. The normalized spacial score (nSPS) is 16.0. The maximum atomic E-state index is 13.4. The molecule has 1 aliphatic rings. The highest BCUT2D eigenvalue weighted by Crippen LogP contribution is 2.20. The van der Waals surface area contributed by atoms with Gasteiger partial charge in [-0.25, -0.2) is 12.8 Å². The van der Waals surface area contributed by atoms with Crippen molar-refractivity contribution in [3.8, 4) is 0 Å². The van der Waals surface area contributed by atoms with Crippen LogP contribution in [-0.2, 0) is 10.0 Å². The molecule has 1 aromatic heterocycles. The van der Waals surface area contributed by atoms with Gasteiger partial charge in [-0.15, -0.1) is 0 Å². The molecule has 0 N–H and O–H groups in total. The van der Waals surface area contributed by atoms with E-state index in [2.05, 4.69) is 4.98 Å². The van der Waals surface area contributed by atoms with Gasteiger partial charge in [0.15, 0.2) is 0 Å². The lowest BCUT2D eigenvalue weighted by Crippen LogP contribution is -2.50. The molecule has 1 amide bonds. The van der Waals surface area contributed by atoms with Crippen molar-refractivity contribution in [3.05, 3.63) is 59.7 Å². The lowest BCUT2D eigenvalue weighted by Gasteiger charge is -2.34. The van der Waals surface area contributed by atoms with Crippen molar-refractivity contribution >= 4 is 15.9 Å². The van der Waals surface area contributed by atoms with Gasteiger partial charge in [-0.2, -0.15) is 4.31 Å². The number of pyridine rings is 1. The lowest BCUT2D eigenvalue weighted by molar-refractivity contribution is 0.0698. The van der Waals surface area contributed by atoms with Crippen molar-refractivity contribution in [2.24, 2.45) is 0 Å². The number of amides is 1. The zero-order chi connectivity index (χ0) is 18.0. The average Bonchev–Trinajstić information content (AvgIpc) is 2.64. The molecule has 1 fully saturated rings. The van der Waals surface area contributed by atoms with Crippen molar-refractivity contribution in [1.82, 2.24) is 14.2 Å². The van der Waals surface area contributed by atoms with Crippen LogP contribution < -0.4 is 0 Å². The highest BCUT2D eigenvalue weighted by atomic mass is 32.2. The van der Waals surface area contributed by atoms with E-state index in [4.69, 9.17) is 0 Å². The number of aromatic nitrogens is 1. The number of sulfonamides is 1. The number of carbonyl (C=O) groups is 1. The van der Waals surface area contributed by atoms with Crippen LogP contribution in [0.2, 0.25) is 0 Å². The highest BCUT2D eigenvalue weighted by Gasteiger charge is 2.30. The Labute approximate surface area is 145 Å². The molecule has 1 saturated heterocycles. The third kappa shape index (κ3) is 3.54. The van der Waals surface area contributed by atoms with E-state index < -0.39 is 15.8 Å². The Bertz CT molecular complexity index is 879. The van der Waals surface area contributed by atoms with Crippen LogP contribution in [-0.4, -0.2) is 54.7 Å². The van der Waals surface area contributed by atoms with E-state index in [0.717, 1.165) is 6.07 Å². The van der Waals surface area contributed by atoms with E-state index in [1.807, 2.05) is 0 Å². The van der Waals surface area contributed by atoms with Gasteiger partial charge in [-0.05, 0) is 42.8 Å². The van der Waals surface area contributed by atoms with E-state index in [9.17, 15) is 17.6 Å². The molecule has 2 heterocycles. The molecule has 132 valence electrons. The maximum absolute atomic E-state index is 13.4. The summed E-state index contributed by atoms with van der Waals surface area (Å²) < 4.78 is 40.1. The number of nitrogens with zero attached hydrogens (tertiary/aromatic N) is 3. The summed E-state index contributed by atoms with van der Waals surface area (Å²) in [5.74, 6) is -0.580. The number of hydrogen-bond acceptors (Lipinski definition) is 4. The van der Waals surface area contributed by atoms with Crippen LogP contribution in [0.4, 0.5) is 4.39 Å². The molecule has 8 heteroatoms. The van der Waals surface area contributed by atoms with Gasteiger partial charge in [-0.3, -0.25) is 9.78 Å². The Balaban J connectivity index is 1.71. The number of benzene rings is 1. The second-order valence-electron chi connectivity index (χ2n) is 5.84. The molecule has 25 heavy (non-hydrogen) atoms. The third-order valence-electron chi connectivity index (χ3n) is 4.22. The molecule has 3 rings (SSSR count). The van der Waals surface area contributed by atoms with E-state index >= 15 is 0 Å². The first-order valence-electron chi connectivity index (χ1n) is 7.85. The molecule has 0 aliphatic carbocycles. The van der Waals surface area contributed by atoms with E-state index in [1.54, 1.807) is 29.4 Å². The number of piperazine rings is 1. The number of rotatable bonds is 3. The van der Waals surface area contributed by atoms with Gasteiger partial charge in [0.25, 0.3) is 5.91 Å². The van der Waals surface area contributed by atoms with Crippen LogP contribution in [0.5, 0.6) is 0 Å². The van der Waals surface area contributed by atoms with Gasteiger partial charge in [0.2, 0.25) is 10.0 Å². The van der Waals surface area contributed by atoms with Gasteiger partial charge in [-0.1, -0.05) is 0 Å². The monoisotopic (exact) mass is 363 g/mol. The average molecular weight is 363 g/mol. The number of halogens is 1. The quantitative estimate of drug-likeness (QED) is 0.832. The molecular formula is C17H18FN3O3S. The molecule has 1 aliphatic heterocycles. The Hall–Kier alpha value is -2.32. The fraction of sp³-hybridized carbons (Fsp3) is 0.294. The third-order valence-corrected chi connectivity index (χ3v) is 6.11. The highest BCUT2D eigenvalue weighted by molar-refractivity contribution is 7.89. The van der Waals surface area contributed by atoms with Crippen molar-refractivity contribution in [3.63, 3.8) is 0 Å². The molecule has 0 bridgehead atoms. The predicted octanol–water partition coefficient (Wildman–Crippen LogP) is 1.68. The summed E-state index contributed by atoms with van der Waals surface area (Å²) in [4.78, 5) is 18.0. The van der Waals surface area contributed by atoms with Crippen molar-refractivity contribution in [1.29, 1.82) is 0 Å². The zero-order valence-electron chi connectivity index (χ0n) is 13.7. The fourth-order valence-electron chi connectivity index (χ4n) is 2.74. The fourth-order valence-corrected chi connectivity index (χ4v) is 4.24. The van der Waals surface area contributed by atoms with Gasteiger partial charge in [0.1, 0.15) is 5.82 Å². The second kappa shape index (κ2) is 6.89. The Morgan fingerprint density at radius 1 is 1.08 bits per heavy atom. The van der Waals surface area contributed by atoms with Crippen LogP contribution in [0.25, 0.3) is 0 Å². The summed E-state index contributed by atoms with van der Waals surface area (Å²) in [5, 5.41) is 0. The topological polar surface area (TPSA) is 70.6 Å². The van der Waals surface area contributed by atoms with Gasteiger partial charge in [0.05, 0.1) is 4.90 Å². The van der Waals surface area contributed by atoms with Gasteiger partial charge < -0.3 is 4.90 Å². The standard InChI is InChI=1S/C17H18FN3O3S/c1-13-12-15(2-3-16(13)18)25(23,24)21-10-8-20(9-11-21)17(22)14-4-6-19-7-5-14/h2-7,12H,8-11H2,1H3. The molecule has 0 unspecified atom stereocenters. The minimum Gasteiger partial charge on any atom is -0.336 e. The maximum Gasteiger partial charge on any atom is 0.254 e. The second-order valence-corrected chi connectivity index (χ2v) is 7.78. The first-order chi connectivity index (χ1) is 11.9. The van der Waals surface area contributed by atoms with Crippen LogP contribution >= 0.6 is 0 Å². The SMILES string of the molecule is Cc1cc(S(=O)(=O)N2CCN(C(=O)c3ccncc3)CC2)ccc1F. The van der Waals surface area contributed by atoms with E-state index in [0.29, 0.717) is 18.7 Å². The Kier molecular flexibility index (Phi) is 4.82. The molecule has 0 spiro atoms. The molecule has 0 radical (unpaired) electrons. The predicted molar refractivity (Wildman–Crippen MR) is 90.0 cm³/mol. The van der Waals surface area contributed by atoms with Crippen LogP contribution in [0.3, 0.4) is 0 Å². The first kappa shape index (κ1) is 17.5. The summed E-state index contributed by atoms with van der Waals surface area (Å²) >= 11 is 0. The summed E-state index contributed by atoms with van der Waals surface area (Å²) in [6.07, 6.45) is 3.09. The molecular weight excluding hydrogens is 345 g/mol. The van der Waals surface area contributed by atoms with E-state index in [1.165, 1.54) is 23.4 Å². The Morgan fingerprint density at radius 3 is 2.32 bits per heavy atom. The molecule has 0 atom stereocenters. The van der Waals surface area contributed by atoms with Crippen molar-refractivity contribution < 1.29 is 17.6 Å². The Morgan fingerprint density at radius 2 is 1.72 bits per heavy atom. The van der Waals surface area contributed by atoms with Crippen LogP contribution in [0, 0.1) is 12.7 Å². The largest absolute Gasteiger partial charge is 0.336 e. The lowest BCUT2D eigenvalue weighted by atomic mass is 10.2. The first-order valence-corrected chi connectivity index (χ1v) is 9.29. The number of carbonyl (C=O) groups excluding carboxylic acids is 1. The van der Waals surface area contributed by atoms with Crippen molar-refractivity contribution in [2.45, 2.75) is 11.8 Å². The summed E-state index contributed by atoms with van der Waals surface area (Å²) in [7, 11) is -3.70. The summed E-state index contributed by atoms with van der Waals surface area (Å²) in [6, 6.07) is 7.02. The van der Waals surface area contributed by atoms with Crippen molar-refractivity contribution in [2.75, 3.05) is 26.2 Å². The summed E-state index contributed by atoms with van der Waals surface area (Å²) in [5.41, 5.74) is 0.813. The molecule has 2 aromatic rings. The zero-order valence-corrected chi connectivity index (χ0v) is 14.5. The molecule has 6 nitrogen and oxygen atoms in total. The van der Waals surface area contributed by atoms with Crippen LogP contribution in [0.15, 0.2) is 47.6 Å². The minimum atomic E-state index is -3.70. The van der Waals surface area contributed by atoms with E-state index in [-0.39, 0.29) is 29.5 Å². The smallest absolute Gasteiger partial charge is 0.254 e. The summed E-state index contributed by atoms with van der Waals surface area (Å²) in [6.45, 7) is 2.55.